The number of hydrogen-bond donors (Lipinski definition) is 2. The molecule has 2 N–H and O–H groups in total. The zero-order chi connectivity index (χ0) is 40.5. The van der Waals surface area contributed by atoms with E-state index in [2.05, 4.69) is 52.8 Å². The minimum absolute atomic E-state index is 0.0382. The first-order valence-corrected chi connectivity index (χ1v) is 21.7. The van der Waals surface area contributed by atoms with Crippen LogP contribution in [0.3, 0.4) is 0 Å². The third-order valence-electron chi connectivity index (χ3n) is 16.8. The fourth-order valence-electron chi connectivity index (χ4n) is 13.5. The number of amides is 1. The van der Waals surface area contributed by atoms with Crippen LogP contribution in [0, 0.1) is 51.2 Å². The van der Waals surface area contributed by atoms with Crippen LogP contribution >= 0.6 is 0 Å². The van der Waals surface area contributed by atoms with E-state index >= 15 is 0 Å². The molecule has 0 aromatic heterocycles. The summed E-state index contributed by atoms with van der Waals surface area (Å²) in [6.07, 6.45) is 14.0. The number of ether oxygens (including phenoxy) is 3. The van der Waals surface area contributed by atoms with Crippen LogP contribution in [0.1, 0.15) is 115 Å². The van der Waals surface area contributed by atoms with Gasteiger partial charge in [0.1, 0.15) is 17.6 Å². The van der Waals surface area contributed by atoms with Crippen LogP contribution < -0.4 is 9.47 Å². The maximum Gasteiger partial charge on any atom is 0.410 e. The number of nitrogens with zero attached hydrogens (tertiary/aromatic N) is 1. The number of Topliss-reactive ketones (excluding diaryl/α,β-unsaturated/α-hetero) is 1. The quantitative estimate of drug-likeness (QED) is 0.183. The normalized spacial score (nSPS) is 39.1. The van der Waals surface area contributed by atoms with E-state index in [9.17, 15) is 19.8 Å². The Bertz CT molecular complexity index is 1920. The summed E-state index contributed by atoms with van der Waals surface area (Å²) in [5.74, 6) is 2.58. The number of carbonyl (C=O) groups is 2. The van der Waals surface area contributed by atoms with Crippen molar-refractivity contribution in [2.75, 3.05) is 20.8 Å². The molecular formula is C49H65NO7. The van der Waals surface area contributed by atoms with Gasteiger partial charge in [-0.2, -0.15) is 0 Å². The minimum atomic E-state index is -1.25. The fraction of sp³-hybridized carbons (Fsp3) is 0.633. The van der Waals surface area contributed by atoms with E-state index in [0.29, 0.717) is 41.7 Å². The van der Waals surface area contributed by atoms with Gasteiger partial charge in [0.05, 0.1) is 39.0 Å². The third-order valence-corrected chi connectivity index (χ3v) is 16.8. The van der Waals surface area contributed by atoms with Crippen LogP contribution in [0.2, 0.25) is 0 Å². The number of rotatable bonds is 10. The van der Waals surface area contributed by atoms with Crippen LogP contribution in [-0.4, -0.2) is 65.6 Å². The van der Waals surface area contributed by atoms with E-state index in [1.54, 1.807) is 19.1 Å². The number of hydrogen-bond acceptors (Lipinski definition) is 7. The summed E-state index contributed by atoms with van der Waals surface area (Å²) < 4.78 is 17.9. The number of fused-ring (bicyclic) bond motifs is 1. The van der Waals surface area contributed by atoms with Crippen LogP contribution in [0.5, 0.6) is 11.5 Å². The predicted octanol–water partition coefficient (Wildman–Crippen LogP) is 9.58. The molecule has 9 rings (SSSR count). The Hall–Kier alpha value is -3.62. The van der Waals surface area contributed by atoms with Crippen LogP contribution in [-0.2, 0) is 11.3 Å². The van der Waals surface area contributed by atoms with Gasteiger partial charge in [-0.1, -0.05) is 89.6 Å². The molecule has 8 nitrogen and oxygen atoms in total. The molecule has 11 atom stereocenters. The molecule has 0 radical (unpaired) electrons. The molecule has 1 amide bonds. The van der Waals surface area contributed by atoms with Crippen molar-refractivity contribution in [3.63, 3.8) is 0 Å². The molecule has 4 fully saturated rings. The monoisotopic (exact) mass is 779 g/mol. The summed E-state index contributed by atoms with van der Waals surface area (Å²) in [4.78, 5) is 31.4. The number of carbonyl (C=O) groups excluding carboxylic acids is 2. The average molecular weight is 780 g/mol. The zero-order valence-corrected chi connectivity index (χ0v) is 35.3. The lowest BCUT2D eigenvalue weighted by Crippen LogP contribution is -2.67. The summed E-state index contributed by atoms with van der Waals surface area (Å²) >= 11 is 0. The molecule has 4 saturated carbocycles. The van der Waals surface area contributed by atoms with Crippen molar-refractivity contribution in [2.45, 2.75) is 123 Å². The van der Waals surface area contributed by atoms with Gasteiger partial charge in [-0.3, -0.25) is 4.79 Å². The number of methoxy groups -OCH3 is 2. The number of ketones is 1. The maximum atomic E-state index is 14.9. The first-order chi connectivity index (χ1) is 27.1. The van der Waals surface area contributed by atoms with Gasteiger partial charge in [-0.05, 0) is 105 Å². The van der Waals surface area contributed by atoms with Gasteiger partial charge in [0.2, 0.25) is 0 Å². The van der Waals surface area contributed by atoms with Gasteiger partial charge < -0.3 is 29.3 Å². The summed E-state index contributed by atoms with van der Waals surface area (Å²) in [7, 11) is 3.24. The Morgan fingerprint density at radius 2 is 1.61 bits per heavy atom. The molecular weight excluding hydrogens is 715 g/mol. The number of allylic oxidation sites excluding steroid dienone is 4. The lowest BCUT2D eigenvalue weighted by molar-refractivity contribution is -0.175. The fourth-order valence-corrected chi connectivity index (χ4v) is 13.5. The van der Waals surface area contributed by atoms with Gasteiger partial charge in [-0.25, -0.2) is 4.79 Å². The lowest BCUT2D eigenvalue weighted by atomic mass is 9.32. The SMILES string of the molecule is COc1ccc(CN(CC2(O)CCC3C45C=CC6(C=C4C(=O)c4ccccc4)CC(O)CCC6(C)C5CCC32C)C(=O)OC2CC(C)CCC2C(C)C)c(OC)c1. The van der Waals surface area contributed by atoms with Crippen molar-refractivity contribution in [2.24, 2.45) is 51.2 Å². The van der Waals surface area contributed by atoms with Crippen LogP contribution in [0.25, 0.3) is 0 Å². The van der Waals surface area contributed by atoms with Gasteiger partial charge in [0, 0.05) is 39.0 Å². The Morgan fingerprint density at radius 3 is 2.33 bits per heavy atom. The van der Waals surface area contributed by atoms with E-state index in [1.807, 2.05) is 48.5 Å². The van der Waals surface area contributed by atoms with Crippen LogP contribution in [0.15, 0.2) is 72.3 Å². The van der Waals surface area contributed by atoms with E-state index in [4.69, 9.17) is 14.2 Å². The summed E-state index contributed by atoms with van der Waals surface area (Å²) in [5.41, 5.74) is -0.674. The maximum absolute atomic E-state index is 14.9. The van der Waals surface area contributed by atoms with Gasteiger partial charge in [-0.15, -0.1) is 0 Å². The van der Waals surface area contributed by atoms with E-state index in [-0.39, 0.29) is 48.1 Å². The zero-order valence-electron chi connectivity index (χ0n) is 35.3. The van der Waals surface area contributed by atoms with E-state index in [1.165, 1.54) is 0 Å². The molecule has 7 aliphatic carbocycles. The summed E-state index contributed by atoms with van der Waals surface area (Å²) in [6, 6.07) is 15.3. The van der Waals surface area contributed by atoms with E-state index in [0.717, 1.165) is 62.5 Å². The molecule has 2 bridgehead atoms. The predicted molar refractivity (Wildman–Crippen MR) is 221 cm³/mol. The highest BCUT2D eigenvalue weighted by molar-refractivity contribution is 6.10. The molecule has 2 spiro atoms. The highest BCUT2D eigenvalue weighted by atomic mass is 16.6. The van der Waals surface area contributed by atoms with Gasteiger partial charge in [0.15, 0.2) is 5.78 Å². The number of benzene rings is 2. The minimum Gasteiger partial charge on any atom is -0.497 e. The molecule has 0 aliphatic heterocycles. The Balaban J connectivity index is 1.18. The second-order valence-electron chi connectivity index (χ2n) is 19.8. The topological polar surface area (TPSA) is 106 Å². The number of aliphatic hydroxyl groups is 2. The highest BCUT2D eigenvalue weighted by Gasteiger charge is 2.74. The summed E-state index contributed by atoms with van der Waals surface area (Å²) in [6.45, 7) is 11.6. The van der Waals surface area contributed by atoms with Crippen molar-refractivity contribution in [1.29, 1.82) is 0 Å². The molecule has 2 aromatic rings. The first kappa shape index (κ1) is 40.2. The largest absolute Gasteiger partial charge is 0.497 e. The smallest absolute Gasteiger partial charge is 0.410 e. The molecule has 8 heteroatoms. The standard InChI is InChI=1S/C49H65NO7/c1-31(2)37-16-13-32(3)25-40(37)57-44(53)50(29-34-14-15-36(55-6)26-39(34)56-7)30-48(54)22-19-42-46(48,5)21-18-41-45(4)20-17-35(51)27-47(45)23-24-49(41,42)38(28-47)43(52)33-11-9-8-10-12-33/h8-12,14-15,23-24,26,28,31-32,35,37,40-42,51,54H,13,16-22,25,27,29-30H2,1-7H3. The molecule has 2 aromatic carbocycles. The Kier molecular flexibility index (Phi) is 10.3. The Labute approximate surface area is 340 Å². The average Bonchev–Trinajstić information content (AvgIpc) is 3.47. The molecule has 0 saturated heterocycles. The van der Waals surface area contributed by atoms with Gasteiger partial charge >= 0.3 is 6.09 Å². The molecule has 11 unspecified atom stereocenters. The van der Waals surface area contributed by atoms with E-state index < -0.39 is 34.0 Å². The molecule has 308 valence electrons. The lowest BCUT2D eigenvalue weighted by Gasteiger charge is -2.71. The molecule has 0 heterocycles. The van der Waals surface area contributed by atoms with Crippen molar-refractivity contribution in [3.05, 3.63) is 83.5 Å². The first-order valence-electron chi connectivity index (χ1n) is 21.7. The number of aliphatic hydroxyl groups excluding tert-OH is 1. The molecule has 57 heavy (non-hydrogen) atoms. The van der Waals surface area contributed by atoms with Crippen LogP contribution in [0.4, 0.5) is 4.79 Å². The van der Waals surface area contributed by atoms with Crippen molar-refractivity contribution < 1.29 is 34.0 Å². The van der Waals surface area contributed by atoms with Gasteiger partial charge in [0.25, 0.3) is 0 Å². The Morgan fingerprint density at radius 1 is 0.895 bits per heavy atom. The highest BCUT2D eigenvalue weighted by Crippen LogP contribution is 2.78. The van der Waals surface area contributed by atoms with Crippen molar-refractivity contribution in [1.82, 2.24) is 4.90 Å². The molecule has 7 aliphatic rings. The van der Waals surface area contributed by atoms with Crippen molar-refractivity contribution >= 4 is 11.9 Å². The second kappa shape index (κ2) is 14.6. The second-order valence-corrected chi connectivity index (χ2v) is 19.8. The van der Waals surface area contributed by atoms with Crippen molar-refractivity contribution in [3.8, 4) is 11.5 Å². The third kappa shape index (κ3) is 6.20. The summed E-state index contributed by atoms with van der Waals surface area (Å²) in [5, 5.41) is 24.4.